The molecule has 0 radical (unpaired) electrons. The maximum atomic E-state index is 12.7. The molecule has 6 rings (SSSR count). The number of benzene rings is 2. The summed E-state index contributed by atoms with van der Waals surface area (Å²) in [6.07, 6.45) is 4.83. The van der Waals surface area contributed by atoms with Gasteiger partial charge in [0.25, 0.3) is 0 Å². The minimum atomic E-state index is -0.541. The molecular formula is C36H42N6O4S. The summed E-state index contributed by atoms with van der Waals surface area (Å²) in [5.74, 6) is 7.30. The number of likely N-dealkylation sites (tertiary alicyclic amines) is 2. The maximum Gasteiger partial charge on any atom is 0.411 e. The Labute approximate surface area is 280 Å². The molecule has 2 aliphatic rings. The lowest BCUT2D eigenvalue weighted by molar-refractivity contribution is 0.0217. The van der Waals surface area contributed by atoms with Crippen LogP contribution in [0.15, 0.2) is 53.8 Å². The van der Waals surface area contributed by atoms with Crippen LogP contribution in [0.1, 0.15) is 90.2 Å². The van der Waals surface area contributed by atoms with Crippen molar-refractivity contribution in [2.24, 2.45) is 0 Å². The van der Waals surface area contributed by atoms with Crippen molar-refractivity contribution < 1.29 is 19.1 Å². The molecule has 0 spiro atoms. The van der Waals surface area contributed by atoms with E-state index in [4.69, 9.17) is 14.5 Å². The van der Waals surface area contributed by atoms with Gasteiger partial charge in [0, 0.05) is 24.2 Å². The summed E-state index contributed by atoms with van der Waals surface area (Å²) in [4.78, 5) is 45.2. The first-order valence-electron chi connectivity index (χ1n) is 16.1. The van der Waals surface area contributed by atoms with Crippen LogP contribution >= 0.6 is 11.8 Å². The summed E-state index contributed by atoms with van der Waals surface area (Å²) in [6.45, 7) is 12.6. The molecule has 4 aromatic rings. The van der Waals surface area contributed by atoms with Crippen LogP contribution < -0.4 is 0 Å². The van der Waals surface area contributed by atoms with Crippen molar-refractivity contribution in [2.75, 3.05) is 13.1 Å². The Hall–Kier alpha value is -4.43. The second-order valence-electron chi connectivity index (χ2n) is 14.0. The summed E-state index contributed by atoms with van der Waals surface area (Å²) in [5, 5.41) is 0.754. The molecule has 2 atom stereocenters. The number of nitrogens with one attached hydrogen (secondary N) is 2. The second-order valence-corrected chi connectivity index (χ2v) is 15.2. The Balaban J connectivity index is 1.09. The summed E-state index contributed by atoms with van der Waals surface area (Å²) < 4.78 is 11.2. The molecule has 11 heteroatoms. The Morgan fingerprint density at radius 1 is 0.851 bits per heavy atom. The van der Waals surface area contributed by atoms with Gasteiger partial charge in [-0.05, 0) is 103 Å². The average Bonchev–Trinajstić information content (AvgIpc) is 3.80. The highest BCUT2D eigenvalue weighted by atomic mass is 32.2. The van der Waals surface area contributed by atoms with E-state index in [-0.39, 0.29) is 23.6 Å². The van der Waals surface area contributed by atoms with Crippen LogP contribution in [0.2, 0.25) is 0 Å². The van der Waals surface area contributed by atoms with Gasteiger partial charge < -0.3 is 19.4 Å². The van der Waals surface area contributed by atoms with Crippen LogP contribution in [0.25, 0.3) is 22.3 Å². The van der Waals surface area contributed by atoms with Crippen LogP contribution in [0.4, 0.5) is 9.59 Å². The topological polar surface area (TPSA) is 116 Å². The number of hydrogen-bond donors (Lipinski definition) is 2. The SMILES string of the molecule is CC(C)(C)OC(=O)N1CCC[C@H]1Sc1nc2ccc(C#Cc3ccc(-c4cnc([C@@H]5CCCN5C(=O)OC(C)(C)C)[nH]4)cc3)cc2[nH]1. The summed E-state index contributed by atoms with van der Waals surface area (Å²) in [6, 6.07) is 13.8. The maximum absolute atomic E-state index is 12.7. The standard InChI is InChI=1S/C36H42N6O4S/c1-35(2,3)45-33(43)41-19-7-9-29(41)31-37-22-28(38-31)25-16-13-23(14-17-25)11-12-24-15-18-26-27(21-24)40-32(39-26)47-30-10-8-20-42(30)34(44)46-36(4,5)6/h13-18,21-22,29-30H,7-10,19-20H2,1-6H3,(H,37,38)(H,39,40)/t29-,30+/m0/s1. The highest BCUT2D eigenvalue weighted by Crippen LogP contribution is 2.35. The van der Waals surface area contributed by atoms with E-state index >= 15 is 0 Å². The van der Waals surface area contributed by atoms with E-state index < -0.39 is 11.2 Å². The normalized spacial score (nSPS) is 18.3. The minimum Gasteiger partial charge on any atom is -0.444 e. The number of hydrogen-bond acceptors (Lipinski definition) is 7. The van der Waals surface area contributed by atoms with Crippen LogP contribution in [-0.4, -0.2) is 71.6 Å². The molecule has 2 aromatic carbocycles. The van der Waals surface area contributed by atoms with E-state index in [2.05, 4.69) is 26.8 Å². The van der Waals surface area contributed by atoms with Crippen molar-refractivity contribution in [1.29, 1.82) is 0 Å². The number of fused-ring (bicyclic) bond motifs is 1. The van der Waals surface area contributed by atoms with Gasteiger partial charge in [0.2, 0.25) is 0 Å². The Morgan fingerprint density at radius 2 is 1.49 bits per heavy atom. The molecule has 0 bridgehead atoms. The van der Waals surface area contributed by atoms with Crippen molar-refractivity contribution in [1.82, 2.24) is 29.7 Å². The zero-order valence-electron chi connectivity index (χ0n) is 27.8. The molecule has 4 heterocycles. The fourth-order valence-electron chi connectivity index (χ4n) is 5.76. The number of ether oxygens (including phenoxy) is 2. The van der Waals surface area contributed by atoms with Gasteiger partial charge in [-0.15, -0.1) is 0 Å². The van der Waals surface area contributed by atoms with Crippen LogP contribution in [0, 0.1) is 11.8 Å². The van der Waals surface area contributed by atoms with Gasteiger partial charge in [0.1, 0.15) is 17.0 Å². The van der Waals surface area contributed by atoms with Crippen molar-refractivity contribution in [3.63, 3.8) is 0 Å². The number of aromatic amines is 2. The number of nitrogens with zero attached hydrogens (tertiary/aromatic N) is 4. The zero-order chi connectivity index (χ0) is 33.3. The van der Waals surface area contributed by atoms with Gasteiger partial charge in [-0.2, -0.15) is 0 Å². The van der Waals surface area contributed by atoms with E-state index in [1.807, 2.05) is 90.2 Å². The molecule has 47 heavy (non-hydrogen) atoms. The van der Waals surface area contributed by atoms with E-state index in [1.54, 1.807) is 21.6 Å². The quantitative estimate of drug-likeness (QED) is 0.215. The lowest BCUT2D eigenvalue weighted by Gasteiger charge is -2.27. The lowest BCUT2D eigenvalue weighted by atomic mass is 10.1. The van der Waals surface area contributed by atoms with E-state index in [0.717, 1.165) is 70.1 Å². The first-order valence-corrected chi connectivity index (χ1v) is 17.0. The van der Waals surface area contributed by atoms with Crippen molar-refractivity contribution >= 4 is 35.0 Å². The molecule has 2 amide bonds. The van der Waals surface area contributed by atoms with Crippen LogP contribution in [0.3, 0.4) is 0 Å². The molecular weight excluding hydrogens is 613 g/mol. The van der Waals surface area contributed by atoms with E-state index in [0.29, 0.717) is 13.1 Å². The van der Waals surface area contributed by atoms with Gasteiger partial charge in [-0.25, -0.2) is 19.6 Å². The molecule has 0 unspecified atom stereocenters. The van der Waals surface area contributed by atoms with Crippen molar-refractivity contribution in [2.45, 2.75) is 95.0 Å². The predicted octanol–water partition coefficient (Wildman–Crippen LogP) is 7.87. The first kappa shape index (κ1) is 32.5. The Kier molecular flexibility index (Phi) is 8.99. The predicted molar refractivity (Wildman–Crippen MR) is 183 cm³/mol. The van der Waals surface area contributed by atoms with Gasteiger partial charge >= 0.3 is 12.2 Å². The van der Waals surface area contributed by atoms with Crippen LogP contribution in [0.5, 0.6) is 0 Å². The number of H-pyrrole nitrogens is 2. The molecule has 246 valence electrons. The zero-order valence-corrected chi connectivity index (χ0v) is 28.7. The molecule has 0 saturated carbocycles. The fraction of sp³-hybridized carbons (Fsp3) is 0.444. The highest BCUT2D eigenvalue weighted by molar-refractivity contribution is 7.99. The molecule has 2 saturated heterocycles. The summed E-state index contributed by atoms with van der Waals surface area (Å²) in [5.41, 5.74) is 4.34. The van der Waals surface area contributed by atoms with Crippen LogP contribution in [-0.2, 0) is 9.47 Å². The largest absolute Gasteiger partial charge is 0.444 e. The number of aromatic nitrogens is 4. The number of carbonyl (C=O) groups is 2. The van der Waals surface area contributed by atoms with E-state index in [9.17, 15) is 9.59 Å². The van der Waals surface area contributed by atoms with Gasteiger partial charge in [0.15, 0.2) is 5.16 Å². The lowest BCUT2D eigenvalue weighted by Crippen LogP contribution is -2.38. The number of carbonyl (C=O) groups excluding carboxylic acids is 2. The molecule has 10 nitrogen and oxygen atoms in total. The summed E-state index contributed by atoms with van der Waals surface area (Å²) in [7, 11) is 0. The Bertz CT molecular complexity index is 1820. The van der Waals surface area contributed by atoms with Gasteiger partial charge in [-0.1, -0.05) is 35.7 Å². The van der Waals surface area contributed by atoms with E-state index in [1.165, 1.54) is 0 Å². The third-order valence-corrected chi connectivity index (χ3v) is 9.05. The van der Waals surface area contributed by atoms with Crippen molar-refractivity contribution in [3.8, 4) is 23.1 Å². The molecule has 2 aliphatic heterocycles. The monoisotopic (exact) mass is 654 g/mol. The second kappa shape index (κ2) is 13.0. The number of amides is 2. The number of imidazole rings is 2. The highest BCUT2D eigenvalue weighted by Gasteiger charge is 2.35. The number of rotatable bonds is 4. The first-order chi connectivity index (χ1) is 22.3. The molecule has 2 aromatic heterocycles. The number of thioether (sulfide) groups is 1. The van der Waals surface area contributed by atoms with Crippen molar-refractivity contribution in [3.05, 3.63) is 65.6 Å². The molecule has 0 aliphatic carbocycles. The van der Waals surface area contributed by atoms with Gasteiger partial charge in [-0.3, -0.25) is 9.80 Å². The molecule has 2 fully saturated rings. The summed E-state index contributed by atoms with van der Waals surface area (Å²) >= 11 is 1.56. The average molecular weight is 655 g/mol. The third kappa shape index (κ3) is 7.93. The fourth-order valence-corrected chi connectivity index (χ4v) is 6.94. The van der Waals surface area contributed by atoms with Gasteiger partial charge in [0.05, 0.1) is 34.3 Å². The molecule has 2 N–H and O–H groups in total. The smallest absolute Gasteiger partial charge is 0.411 e. The minimum absolute atomic E-state index is 0.0179. The Morgan fingerprint density at radius 3 is 2.21 bits per heavy atom. The third-order valence-electron chi connectivity index (χ3n) is 7.87.